The minimum Gasteiger partial charge on any atom is -0.507 e. The minimum atomic E-state index is -0.799. The zero-order valence-electron chi connectivity index (χ0n) is 19.4. The lowest BCUT2D eigenvalue weighted by Gasteiger charge is -2.25. The number of esters is 1. The Kier molecular flexibility index (Phi) is 6.70. The second-order valence-corrected chi connectivity index (χ2v) is 8.41. The third-order valence-corrected chi connectivity index (χ3v) is 6.10. The van der Waals surface area contributed by atoms with E-state index in [0.717, 1.165) is 11.3 Å². The van der Waals surface area contributed by atoms with E-state index in [-0.39, 0.29) is 24.0 Å². The number of carbonyl (C=O) groups is 3. The van der Waals surface area contributed by atoms with Crippen molar-refractivity contribution in [3.8, 4) is 5.75 Å². The lowest BCUT2D eigenvalue weighted by Crippen LogP contribution is -2.31. The molecular formula is C26H27NO7. The van der Waals surface area contributed by atoms with Crippen molar-refractivity contribution < 1.29 is 33.7 Å². The van der Waals surface area contributed by atoms with Gasteiger partial charge in [0, 0.05) is 32.2 Å². The number of ketones is 1. The average Bonchev–Trinajstić information content (AvgIpc) is 3.34. The number of aliphatic hydroxyl groups excluding tert-OH is 1. The molecule has 2 atom stereocenters. The zero-order chi connectivity index (χ0) is 24.4. The van der Waals surface area contributed by atoms with Gasteiger partial charge >= 0.3 is 5.97 Å². The molecule has 0 aromatic heterocycles. The van der Waals surface area contributed by atoms with Gasteiger partial charge in [0.15, 0.2) is 0 Å². The molecule has 1 N–H and O–H groups in total. The molecule has 0 bridgehead atoms. The van der Waals surface area contributed by atoms with Crippen molar-refractivity contribution in [2.45, 2.75) is 31.9 Å². The van der Waals surface area contributed by atoms with Crippen LogP contribution in [0.4, 0.5) is 0 Å². The fraction of sp³-hybridized carbons (Fsp3) is 0.346. The van der Waals surface area contributed by atoms with Crippen LogP contribution in [0, 0.1) is 0 Å². The molecule has 2 aliphatic rings. The van der Waals surface area contributed by atoms with Crippen LogP contribution in [0.3, 0.4) is 0 Å². The number of hydrogen-bond donors (Lipinski definition) is 1. The Morgan fingerprint density at radius 3 is 2.50 bits per heavy atom. The van der Waals surface area contributed by atoms with Crippen LogP contribution in [0.25, 0.3) is 5.76 Å². The number of benzene rings is 2. The number of amides is 1. The molecule has 0 aliphatic carbocycles. The molecule has 1 amide bonds. The van der Waals surface area contributed by atoms with E-state index in [1.807, 2.05) is 6.92 Å². The molecule has 2 aliphatic heterocycles. The van der Waals surface area contributed by atoms with Crippen molar-refractivity contribution in [1.29, 1.82) is 0 Å². The summed E-state index contributed by atoms with van der Waals surface area (Å²) in [5.74, 6) is -1.41. The van der Waals surface area contributed by atoms with Crippen LogP contribution < -0.4 is 4.74 Å². The number of nitrogens with zero attached hydrogens (tertiary/aromatic N) is 1. The number of ether oxygens (including phenoxy) is 3. The van der Waals surface area contributed by atoms with Crippen molar-refractivity contribution >= 4 is 23.4 Å². The SMILES string of the molecule is COCCCN1C(=O)C(=O)C(=C(O)c2ccc3c(c2)C[C@@H](C)O3)[C@H]1c1ccc(C(=O)OC)cc1. The Morgan fingerprint density at radius 2 is 1.82 bits per heavy atom. The predicted molar refractivity (Wildman–Crippen MR) is 124 cm³/mol. The Balaban J connectivity index is 1.78. The summed E-state index contributed by atoms with van der Waals surface area (Å²) in [6.45, 7) is 2.65. The number of Topliss-reactive ketones (excluding diaryl/α,β-unsaturated/α-hetero) is 1. The lowest BCUT2D eigenvalue weighted by molar-refractivity contribution is -0.140. The number of rotatable bonds is 7. The molecule has 1 fully saturated rings. The molecule has 0 radical (unpaired) electrons. The van der Waals surface area contributed by atoms with Gasteiger partial charge < -0.3 is 24.2 Å². The quantitative estimate of drug-likeness (QED) is 0.220. The third-order valence-electron chi connectivity index (χ3n) is 6.10. The molecule has 0 saturated carbocycles. The van der Waals surface area contributed by atoms with Gasteiger partial charge in [0.1, 0.15) is 17.6 Å². The molecule has 8 heteroatoms. The van der Waals surface area contributed by atoms with E-state index in [2.05, 4.69) is 0 Å². The molecule has 34 heavy (non-hydrogen) atoms. The molecule has 4 rings (SSSR count). The smallest absolute Gasteiger partial charge is 0.337 e. The van der Waals surface area contributed by atoms with E-state index in [4.69, 9.17) is 14.2 Å². The maximum Gasteiger partial charge on any atom is 0.337 e. The Bertz CT molecular complexity index is 1150. The zero-order valence-corrected chi connectivity index (χ0v) is 19.4. The summed E-state index contributed by atoms with van der Waals surface area (Å²) in [5, 5.41) is 11.2. The van der Waals surface area contributed by atoms with Crippen LogP contribution in [0.1, 0.15) is 46.4 Å². The summed E-state index contributed by atoms with van der Waals surface area (Å²) in [5.41, 5.74) is 2.34. The number of carbonyl (C=O) groups excluding carboxylic acids is 3. The highest BCUT2D eigenvalue weighted by molar-refractivity contribution is 6.46. The first-order chi connectivity index (χ1) is 16.3. The summed E-state index contributed by atoms with van der Waals surface area (Å²) in [7, 11) is 2.86. The summed E-state index contributed by atoms with van der Waals surface area (Å²) < 4.78 is 15.6. The van der Waals surface area contributed by atoms with Crippen LogP contribution in [0.5, 0.6) is 5.75 Å². The Hall–Kier alpha value is -3.65. The molecule has 2 aromatic rings. The van der Waals surface area contributed by atoms with Crippen molar-refractivity contribution in [2.24, 2.45) is 0 Å². The fourth-order valence-electron chi connectivity index (χ4n) is 4.48. The minimum absolute atomic E-state index is 0.0140. The highest BCUT2D eigenvalue weighted by Crippen LogP contribution is 2.40. The van der Waals surface area contributed by atoms with E-state index in [9.17, 15) is 19.5 Å². The summed E-state index contributed by atoms with van der Waals surface area (Å²) in [6, 6.07) is 10.9. The molecule has 8 nitrogen and oxygen atoms in total. The van der Waals surface area contributed by atoms with E-state index in [1.165, 1.54) is 12.0 Å². The number of methoxy groups -OCH3 is 2. The van der Waals surface area contributed by atoms with Crippen LogP contribution in [-0.4, -0.2) is 61.1 Å². The molecule has 0 spiro atoms. The van der Waals surface area contributed by atoms with E-state index < -0.39 is 23.7 Å². The second-order valence-electron chi connectivity index (χ2n) is 8.41. The van der Waals surface area contributed by atoms with Gasteiger partial charge in [-0.15, -0.1) is 0 Å². The standard InChI is InChI=1S/C26H27NO7/c1-15-13-19-14-18(9-10-20(19)34-15)23(28)21-22(16-5-7-17(8-6-16)26(31)33-3)27(11-4-12-32-2)25(30)24(21)29/h5-10,14-15,22,28H,4,11-13H2,1-3H3/t15-,22-/m1/s1. The molecule has 178 valence electrons. The van der Waals surface area contributed by atoms with Gasteiger partial charge in [0.25, 0.3) is 11.7 Å². The summed E-state index contributed by atoms with van der Waals surface area (Å²) in [6.07, 6.45) is 1.25. The van der Waals surface area contributed by atoms with Crippen molar-refractivity contribution in [3.05, 3.63) is 70.3 Å². The number of aliphatic hydroxyl groups is 1. The van der Waals surface area contributed by atoms with Crippen molar-refractivity contribution in [2.75, 3.05) is 27.4 Å². The highest BCUT2D eigenvalue weighted by Gasteiger charge is 2.45. The van der Waals surface area contributed by atoms with Crippen LogP contribution >= 0.6 is 0 Å². The fourth-order valence-corrected chi connectivity index (χ4v) is 4.48. The first-order valence-corrected chi connectivity index (χ1v) is 11.1. The van der Waals surface area contributed by atoms with Gasteiger partial charge in [0.05, 0.1) is 24.3 Å². The van der Waals surface area contributed by atoms with Gasteiger partial charge in [0.2, 0.25) is 0 Å². The first kappa shape index (κ1) is 23.5. The van der Waals surface area contributed by atoms with E-state index in [1.54, 1.807) is 49.6 Å². The van der Waals surface area contributed by atoms with Crippen LogP contribution in [0.15, 0.2) is 48.0 Å². The van der Waals surface area contributed by atoms with Gasteiger partial charge in [-0.05, 0) is 54.8 Å². The highest BCUT2D eigenvalue weighted by atomic mass is 16.5. The van der Waals surface area contributed by atoms with E-state index >= 15 is 0 Å². The first-order valence-electron chi connectivity index (χ1n) is 11.1. The number of hydrogen-bond acceptors (Lipinski definition) is 7. The van der Waals surface area contributed by atoms with Gasteiger partial charge in [-0.2, -0.15) is 0 Å². The van der Waals surface area contributed by atoms with Gasteiger partial charge in [-0.25, -0.2) is 4.79 Å². The molecule has 0 unspecified atom stereocenters. The maximum atomic E-state index is 13.1. The van der Waals surface area contributed by atoms with Crippen molar-refractivity contribution in [1.82, 2.24) is 4.90 Å². The summed E-state index contributed by atoms with van der Waals surface area (Å²) in [4.78, 5) is 39.4. The second kappa shape index (κ2) is 9.69. The Labute approximate surface area is 197 Å². The van der Waals surface area contributed by atoms with Crippen LogP contribution in [-0.2, 0) is 25.5 Å². The predicted octanol–water partition coefficient (Wildman–Crippen LogP) is 3.25. The Morgan fingerprint density at radius 1 is 1.12 bits per heavy atom. The average molecular weight is 466 g/mol. The number of fused-ring (bicyclic) bond motifs is 1. The molecule has 2 aromatic carbocycles. The van der Waals surface area contributed by atoms with Gasteiger partial charge in [-0.1, -0.05) is 12.1 Å². The van der Waals surface area contributed by atoms with Crippen LogP contribution in [0.2, 0.25) is 0 Å². The largest absolute Gasteiger partial charge is 0.507 e. The molecular weight excluding hydrogens is 438 g/mol. The third kappa shape index (κ3) is 4.28. The van der Waals surface area contributed by atoms with E-state index in [0.29, 0.717) is 36.1 Å². The monoisotopic (exact) mass is 465 g/mol. The molecule has 1 saturated heterocycles. The lowest BCUT2D eigenvalue weighted by atomic mass is 9.94. The normalized spacial score (nSPS) is 20.9. The van der Waals surface area contributed by atoms with Gasteiger partial charge in [-0.3, -0.25) is 9.59 Å². The summed E-state index contributed by atoms with van der Waals surface area (Å²) >= 11 is 0. The molecule has 2 heterocycles. The maximum absolute atomic E-state index is 13.1. The number of likely N-dealkylation sites (tertiary alicyclic amines) is 1. The van der Waals surface area contributed by atoms with Crippen molar-refractivity contribution in [3.63, 3.8) is 0 Å². The topological polar surface area (TPSA) is 102 Å².